The molecule has 1 aromatic rings. The molecule has 0 bridgehead atoms. The molecule has 0 radical (unpaired) electrons. The molecule has 0 N–H and O–H groups in total. The highest BCUT2D eigenvalue weighted by Crippen LogP contribution is 2.42. The third kappa shape index (κ3) is 2.24. The molecule has 1 aliphatic carbocycles. The second-order valence-electron chi connectivity index (χ2n) is 5.11. The fourth-order valence-electron chi connectivity index (χ4n) is 2.77. The molecule has 3 heteroatoms. The van der Waals surface area contributed by atoms with Crippen molar-refractivity contribution < 1.29 is 9.53 Å². The molecule has 1 aliphatic rings. The van der Waals surface area contributed by atoms with Gasteiger partial charge in [-0.2, -0.15) is 0 Å². The van der Waals surface area contributed by atoms with Gasteiger partial charge in [0.1, 0.15) is 0 Å². The maximum absolute atomic E-state index is 12.2. The predicted octanol–water partition coefficient (Wildman–Crippen LogP) is 4.16. The maximum atomic E-state index is 12.2. The smallest absolute Gasteiger partial charge is 0.316 e. The Labute approximate surface area is 113 Å². The molecule has 1 aromatic heterocycles. The Hall–Kier alpha value is -1.09. The minimum atomic E-state index is -0.406. The van der Waals surface area contributed by atoms with Gasteiger partial charge in [0.05, 0.1) is 12.5 Å². The number of hydrogen-bond donors (Lipinski definition) is 0. The quantitative estimate of drug-likeness (QED) is 0.766. The van der Waals surface area contributed by atoms with Crippen molar-refractivity contribution in [3.05, 3.63) is 28.5 Å². The van der Waals surface area contributed by atoms with E-state index in [1.807, 2.05) is 6.92 Å². The molecule has 2 rings (SSSR count). The lowest BCUT2D eigenvalue weighted by Crippen LogP contribution is -2.38. The molecule has 1 fully saturated rings. The van der Waals surface area contributed by atoms with Gasteiger partial charge in [-0.15, -0.1) is 11.3 Å². The van der Waals surface area contributed by atoms with Crippen LogP contribution in [0.3, 0.4) is 0 Å². The first-order chi connectivity index (χ1) is 8.60. The van der Waals surface area contributed by atoms with Crippen LogP contribution in [-0.4, -0.2) is 13.1 Å². The normalized spacial score (nSPS) is 18.3. The van der Waals surface area contributed by atoms with Gasteiger partial charge in [-0.05, 0) is 42.3 Å². The van der Waals surface area contributed by atoms with E-state index in [0.717, 1.165) is 36.8 Å². The fourth-order valence-corrected chi connectivity index (χ4v) is 3.72. The second kappa shape index (κ2) is 5.27. The summed E-state index contributed by atoms with van der Waals surface area (Å²) in [6, 6.07) is 2.12. The molecule has 0 aliphatic heterocycles. The zero-order chi connectivity index (χ0) is 13.2. The summed E-state index contributed by atoms with van der Waals surface area (Å²) in [4.78, 5) is 13.4. The van der Waals surface area contributed by atoms with Gasteiger partial charge in [-0.1, -0.05) is 25.8 Å². The first-order valence-electron chi connectivity index (χ1n) is 6.43. The van der Waals surface area contributed by atoms with Crippen LogP contribution < -0.4 is 0 Å². The van der Waals surface area contributed by atoms with Crippen molar-refractivity contribution in [2.75, 3.05) is 7.11 Å². The van der Waals surface area contributed by atoms with Crippen LogP contribution >= 0.6 is 11.3 Å². The van der Waals surface area contributed by atoms with Crippen molar-refractivity contribution in [3.63, 3.8) is 0 Å². The maximum Gasteiger partial charge on any atom is 0.316 e. The largest absolute Gasteiger partial charge is 0.468 e. The number of rotatable bonds is 3. The Morgan fingerprint density at radius 2 is 2.06 bits per heavy atom. The molecule has 0 atom stereocenters. The third-order valence-corrected chi connectivity index (χ3v) is 4.95. The van der Waals surface area contributed by atoms with Crippen LogP contribution in [0.2, 0.25) is 0 Å². The van der Waals surface area contributed by atoms with Crippen molar-refractivity contribution in [3.8, 4) is 0 Å². The van der Waals surface area contributed by atoms with E-state index in [-0.39, 0.29) is 5.97 Å². The summed E-state index contributed by atoms with van der Waals surface area (Å²) in [5, 5.41) is 2.10. The number of thiophene rings is 1. The molecular weight excluding hydrogens is 244 g/mol. The van der Waals surface area contributed by atoms with Gasteiger partial charge in [0.2, 0.25) is 0 Å². The van der Waals surface area contributed by atoms with E-state index in [0.29, 0.717) is 0 Å². The number of esters is 1. The summed E-state index contributed by atoms with van der Waals surface area (Å²) in [7, 11) is 1.49. The summed E-state index contributed by atoms with van der Waals surface area (Å²) < 4.78 is 5.06. The van der Waals surface area contributed by atoms with Gasteiger partial charge in [-0.25, -0.2) is 0 Å². The number of carbonyl (C=O) groups excluding carboxylic acids is 1. The molecule has 2 nitrogen and oxygen atoms in total. The monoisotopic (exact) mass is 264 g/mol. The Morgan fingerprint density at radius 1 is 1.39 bits per heavy atom. The first kappa shape index (κ1) is 13.3. The molecule has 98 valence electrons. The number of hydrogen-bond acceptors (Lipinski definition) is 3. The Morgan fingerprint density at radius 3 is 2.56 bits per heavy atom. The van der Waals surface area contributed by atoms with Gasteiger partial charge in [0.15, 0.2) is 0 Å². The Balaban J connectivity index is 2.38. The first-order valence-corrected chi connectivity index (χ1v) is 7.31. The molecule has 0 aromatic carbocycles. The Bertz CT molecular complexity index is 453. The topological polar surface area (TPSA) is 26.3 Å². The standard InChI is InChI=1S/C15H20O2S/c1-11(2)13-9-12(10-18-13)15(14(16)17-3)7-5-4-6-8-15/h9-10H,1,4-8H2,2-3H3. The van der Waals surface area contributed by atoms with Gasteiger partial charge in [0.25, 0.3) is 0 Å². The van der Waals surface area contributed by atoms with E-state index in [1.54, 1.807) is 11.3 Å². The van der Waals surface area contributed by atoms with Crippen LogP contribution in [0.4, 0.5) is 0 Å². The highest BCUT2D eigenvalue weighted by Gasteiger charge is 2.42. The van der Waals surface area contributed by atoms with Gasteiger partial charge >= 0.3 is 5.97 Å². The fraction of sp³-hybridized carbons (Fsp3) is 0.533. The van der Waals surface area contributed by atoms with Crippen LogP contribution in [0.1, 0.15) is 49.5 Å². The molecule has 0 unspecified atom stereocenters. The van der Waals surface area contributed by atoms with Crippen molar-refractivity contribution >= 4 is 22.9 Å². The lowest BCUT2D eigenvalue weighted by atomic mass is 9.70. The van der Waals surface area contributed by atoms with Crippen molar-refractivity contribution in [1.29, 1.82) is 0 Å². The zero-order valence-electron chi connectivity index (χ0n) is 11.1. The van der Waals surface area contributed by atoms with E-state index >= 15 is 0 Å². The summed E-state index contributed by atoms with van der Waals surface area (Å²) in [5.74, 6) is -0.0757. The molecule has 1 saturated carbocycles. The number of carbonyl (C=O) groups is 1. The van der Waals surface area contributed by atoms with Crippen LogP contribution in [0, 0.1) is 0 Å². The van der Waals surface area contributed by atoms with Gasteiger partial charge in [-0.3, -0.25) is 4.79 Å². The average Bonchev–Trinajstić information content (AvgIpc) is 2.88. The summed E-state index contributed by atoms with van der Waals surface area (Å²) in [6.07, 6.45) is 5.25. The molecule has 0 amide bonds. The van der Waals surface area contributed by atoms with Crippen molar-refractivity contribution in [2.24, 2.45) is 0 Å². The Kier molecular flexibility index (Phi) is 3.91. The van der Waals surface area contributed by atoms with E-state index in [4.69, 9.17) is 4.74 Å². The lowest BCUT2D eigenvalue weighted by molar-refractivity contribution is -0.149. The lowest BCUT2D eigenvalue weighted by Gasteiger charge is -2.34. The molecular formula is C15H20O2S. The van der Waals surface area contributed by atoms with Gasteiger partial charge in [0, 0.05) is 4.88 Å². The molecule has 1 heterocycles. The number of methoxy groups -OCH3 is 1. The summed E-state index contributed by atoms with van der Waals surface area (Å²) >= 11 is 1.67. The highest BCUT2D eigenvalue weighted by atomic mass is 32.1. The van der Waals surface area contributed by atoms with E-state index in [1.165, 1.54) is 18.4 Å². The highest BCUT2D eigenvalue weighted by molar-refractivity contribution is 7.11. The third-order valence-electron chi connectivity index (χ3n) is 3.86. The molecule has 0 spiro atoms. The SMILES string of the molecule is C=C(C)c1cc(C2(C(=O)OC)CCCCC2)cs1. The predicted molar refractivity (Wildman–Crippen MR) is 75.8 cm³/mol. The van der Waals surface area contributed by atoms with E-state index in [2.05, 4.69) is 18.0 Å². The minimum absolute atomic E-state index is 0.0757. The minimum Gasteiger partial charge on any atom is -0.468 e. The average molecular weight is 264 g/mol. The van der Waals surface area contributed by atoms with Gasteiger partial charge < -0.3 is 4.74 Å². The van der Waals surface area contributed by atoms with Crippen LogP contribution in [0.15, 0.2) is 18.0 Å². The van der Waals surface area contributed by atoms with Crippen molar-refractivity contribution in [1.82, 2.24) is 0 Å². The second-order valence-corrected chi connectivity index (χ2v) is 6.03. The molecule has 0 saturated heterocycles. The molecule has 18 heavy (non-hydrogen) atoms. The number of allylic oxidation sites excluding steroid dienone is 1. The van der Waals surface area contributed by atoms with E-state index in [9.17, 15) is 4.79 Å². The summed E-state index contributed by atoms with van der Waals surface area (Å²) in [6.45, 7) is 5.97. The summed E-state index contributed by atoms with van der Waals surface area (Å²) in [5.41, 5.74) is 1.77. The van der Waals surface area contributed by atoms with Crippen LogP contribution in [-0.2, 0) is 14.9 Å². The van der Waals surface area contributed by atoms with Crippen LogP contribution in [0.25, 0.3) is 5.57 Å². The van der Waals surface area contributed by atoms with Crippen molar-refractivity contribution in [2.45, 2.75) is 44.4 Å². The number of ether oxygens (including phenoxy) is 1. The zero-order valence-corrected chi connectivity index (χ0v) is 11.9. The van der Waals surface area contributed by atoms with Crippen LogP contribution in [0.5, 0.6) is 0 Å². The van der Waals surface area contributed by atoms with E-state index < -0.39 is 5.41 Å².